The predicted molar refractivity (Wildman–Crippen MR) is 117 cm³/mol. The maximum Gasteiger partial charge on any atom is 0.255 e. The van der Waals surface area contributed by atoms with Gasteiger partial charge < -0.3 is 31.3 Å². The molecular weight excluding hydrogens is 456 g/mol. The molecule has 0 aromatic heterocycles. The number of fused-ring (bicyclic) bond motifs is 3. The quantitative estimate of drug-likeness (QED) is 0.318. The van der Waals surface area contributed by atoms with Gasteiger partial charge in [-0.1, -0.05) is 12.1 Å². The average molecular weight is 481 g/mol. The lowest BCUT2D eigenvalue weighted by Crippen LogP contribution is -2.67. The van der Waals surface area contributed by atoms with Gasteiger partial charge in [-0.15, -0.1) is 12.4 Å². The first-order valence-corrected chi connectivity index (χ1v) is 9.97. The minimum atomic E-state index is -2.75. The van der Waals surface area contributed by atoms with Crippen LogP contribution >= 0.6 is 12.4 Å². The van der Waals surface area contributed by atoms with Crippen LogP contribution in [-0.2, 0) is 20.0 Å². The summed E-state index contributed by atoms with van der Waals surface area (Å²) in [6.07, 6.45) is -0.200. The first-order chi connectivity index (χ1) is 14.8. The lowest BCUT2D eigenvalue weighted by atomic mass is 9.54. The fourth-order valence-corrected chi connectivity index (χ4v) is 5.50. The molecule has 3 aliphatic carbocycles. The summed E-state index contributed by atoms with van der Waals surface area (Å²) in [7, 11) is 3.01. The molecule has 1 fully saturated rings. The summed E-state index contributed by atoms with van der Waals surface area (Å²) in [5, 5.41) is 54.9. The monoisotopic (exact) mass is 480 g/mol. The number of amides is 1. The molecule has 5 atom stereocenters. The molecule has 0 radical (unpaired) electrons. The number of primary amides is 1. The summed E-state index contributed by atoms with van der Waals surface area (Å²) in [6, 6.07) is 3.02. The van der Waals surface area contributed by atoms with E-state index in [1.807, 2.05) is 0 Å². The molecule has 0 spiro atoms. The maximum atomic E-state index is 13.7. The van der Waals surface area contributed by atoms with Crippen LogP contribution in [0.5, 0.6) is 5.75 Å². The van der Waals surface area contributed by atoms with Gasteiger partial charge >= 0.3 is 0 Å². The van der Waals surface area contributed by atoms with Gasteiger partial charge in [-0.3, -0.25) is 19.3 Å². The van der Waals surface area contributed by atoms with Crippen LogP contribution in [-0.4, -0.2) is 73.6 Å². The highest BCUT2D eigenvalue weighted by atomic mass is 35.5. The Kier molecular flexibility index (Phi) is 5.66. The van der Waals surface area contributed by atoms with Crippen LogP contribution in [0.1, 0.15) is 24.5 Å². The van der Waals surface area contributed by atoms with Crippen molar-refractivity contribution in [1.29, 1.82) is 0 Å². The number of carbonyl (C=O) groups is 3. The van der Waals surface area contributed by atoms with E-state index >= 15 is 0 Å². The number of benzene rings is 1. The summed E-state index contributed by atoms with van der Waals surface area (Å²) in [6.45, 7) is 1.40. The van der Waals surface area contributed by atoms with E-state index in [2.05, 4.69) is 0 Å². The summed E-state index contributed by atoms with van der Waals surface area (Å²) in [5.74, 6) is -7.90. The molecule has 3 aliphatic rings. The van der Waals surface area contributed by atoms with Gasteiger partial charge in [0.05, 0.1) is 17.2 Å². The summed E-state index contributed by atoms with van der Waals surface area (Å²) in [4.78, 5) is 40.0. The minimum absolute atomic E-state index is 0. The molecule has 1 saturated carbocycles. The number of rotatable bonds is 2. The van der Waals surface area contributed by atoms with E-state index in [1.54, 1.807) is 0 Å². The Morgan fingerprint density at radius 2 is 1.76 bits per heavy atom. The predicted octanol–water partition coefficient (Wildman–Crippen LogP) is 0.0508. The van der Waals surface area contributed by atoms with Gasteiger partial charge in [0.2, 0.25) is 5.78 Å². The van der Waals surface area contributed by atoms with Crippen molar-refractivity contribution in [3.63, 3.8) is 0 Å². The van der Waals surface area contributed by atoms with Crippen molar-refractivity contribution in [3.8, 4) is 5.75 Å². The number of Topliss-reactive ketones (excluding diaryl/α,β-unsaturated/α-hetero) is 2. The Morgan fingerprint density at radius 1 is 1.15 bits per heavy atom. The number of phenolic OH excluding ortho intramolecular Hbond substituents is 1. The normalized spacial score (nSPS) is 33.3. The van der Waals surface area contributed by atoms with Crippen molar-refractivity contribution in [1.82, 2.24) is 4.90 Å². The molecule has 0 bridgehead atoms. The van der Waals surface area contributed by atoms with E-state index in [9.17, 15) is 39.9 Å². The van der Waals surface area contributed by atoms with Crippen molar-refractivity contribution in [3.05, 3.63) is 46.2 Å². The lowest BCUT2D eigenvalue weighted by Gasteiger charge is -2.53. The Balaban J connectivity index is 0.00000306. The Labute approximate surface area is 195 Å². The lowest BCUT2D eigenvalue weighted by molar-refractivity contribution is -0.159. The zero-order valence-corrected chi connectivity index (χ0v) is 18.9. The van der Waals surface area contributed by atoms with Gasteiger partial charge in [0.25, 0.3) is 5.91 Å². The minimum Gasteiger partial charge on any atom is -0.508 e. The number of phenols is 1. The molecule has 4 rings (SSSR count). The summed E-state index contributed by atoms with van der Waals surface area (Å²) < 4.78 is 0. The Morgan fingerprint density at radius 3 is 2.30 bits per heavy atom. The molecule has 0 saturated heterocycles. The number of aliphatic hydroxyl groups excluding tert-OH is 2. The zero-order valence-electron chi connectivity index (χ0n) is 18.1. The van der Waals surface area contributed by atoms with E-state index in [0.29, 0.717) is 0 Å². The molecule has 10 nitrogen and oxygen atoms in total. The first kappa shape index (κ1) is 24.7. The third kappa shape index (κ3) is 2.95. The van der Waals surface area contributed by atoms with Crippen LogP contribution in [0.2, 0.25) is 0 Å². The number of aliphatic hydroxyl groups is 4. The fraction of sp³-hybridized carbons (Fsp3) is 0.409. The van der Waals surface area contributed by atoms with E-state index < -0.39 is 75.0 Å². The van der Waals surface area contributed by atoms with Crippen LogP contribution in [0, 0.1) is 11.8 Å². The van der Waals surface area contributed by atoms with Crippen molar-refractivity contribution in [2.45, 2.75) is 30.6 Å². The van der Waals surface area contributed by atoms with Crippen LogP contribution in [0.15, 0.2) is 35.1 Å². The molecule has 0 aliphatic heterocycles. The van der Waals surface area contributed by atoms with Crippen LogP contribution in [0.25, 0.3) is 5.76 Å². The van der Waals surface area contributed by atoms with Crippen molar-refractivity contribution >= 4 is 35.6 Å². The van der Waals surface area contributed by atoms with E-state index in [-0.39, 0.29) is 30.0 Å². The second kappa shape index (κ2) is 7.56. The molecule has 0 heterocycles. The number of ketones is 2. The average Bonchev–Trinajstić information content (AvgIpc) is 2.68. The highest BCUT2D eigenvalue weighted by Gasteiger charge is 2.66. The van der Waals surface area contributed by atoms with E-state index in [4.69, 9.17) is 5.73 Å². The standard InChI is InChI=1S/C22H24N2O8.ClH/c1-21(31)8-5-4-6-11(25)12(8)16(26)13-9(21)7-10-15(24(2)3)17(27)14(20(23)30)19(29)22(10,32)18(13)28;/h4-6,9-10,15,25-26,29,31-32H,7H2,1-3H3,(H2,23,30);1H/t9-,10+,15+,21-,22+;/m1./s1. The molecule has 33 heavy (non-hydrogen) atoms. The van der Waals surface area contributed by atoms with E-state index in [0.717, 1.165) is 0 Å². The number of hydrogen-bond acceptors (Lipinski definition) is 9. The molecule has 178 valence electrons. The van der Waals surface area contributed by atoms with Crippen molar-refractivity contribution < 1.29 is 39.9 Å². The third-order valence-corrected chi connectivity index (χ3v) is 7.02. The van der Waals surface area contributed by atoms with Gasteiger partial charge in [0.1, 0.15) is 22.8 Å². The third-order valence-electron chi connectivity index (χ3n) is 7.02. The number of nitrogens with zero attached hydrogens (tertiary/aromatic N) is 1. The van der Waals surface area contributed by atoms with Crippen LogP contribution in [0.3, 0.4) is 0 Å². The largest absolute Gasteiger partial charge is 0.508 e. The SMILES string of the molecule is CN(C)[C@@H]1C(=O)C(C(N)=O)=C(O)[C@@]2(O)C(=O)C3=C(O)c4c(O)cccc4[C@@](C)(O)[C@@H]3C[C@@H]12.Cl. The number of carbonyl (C=O) groups excluding carboxylic acids is 3. The molecule has 1 aromatic rings. The van der Waals surface area contributed by atoms with Gasteiger partial charge in [-0.2, -0.15) is 0 Å². The molecule has 11 heteroatoms. The van der Waals surface area contributed by atoms with Crippen LogP contribution < -0.4 is 5.73 Å². The first-order valence-electron chi connectivity index (χ1n) is 9.97. The van der Waals surface area contributed by atoms with Crippen LogP contribution in [0.4, 0.5) is 0 Å². The second-order valence-electron chi connectivity index (χ2n) is 8.96. The second-order valence-corrected chi connectivity index (χ2v) is 8.96. The summed E-state index contributed by atoms with van der Waals surface area (Å²) >= 11 is 0. The fourth-order valence-electron chi connectivity index (χ4n) is 5.50. The highest BCUT2D eigenvalue weighted by molar-refractivity contribution is 6.24. The Hall–Kier alpha value is -2.92. The maximum absolute atomic E-state index is 13.7. The van der Waals surface area contributed by atoms with Gasteiger partial charge in [0, 0.05) is 17.4 Å². The van der Waals surface area contributed by atoms with Gasteiger partial charge in [0.15, 0.2) is 11.4 Å². The topological polar surface area (TPSA) is 182 Å². The number of nitrogens with two attached hydrogens (primary N) is 1. The molecule has 0 unspecified atom stereocenters. The van der Waals surface area contributed by atoms with Crippen molar-refractivity contribution in [2.75, 3.05) is 14.1 Å². The highest BCUT2D eigenvalue weighted by Crippen LogP contribution is 2.57. The molecule has 1 aromatic carbocycles. The zero-order chi connectivity index (χ0) is 23.9. The Bertz CT molecular complexity index is 1160. The molecule has 1 amide bonds. The molecule has 7 N–H and O–H groups in total. The number of aromatic hydroxyl groups is 1. The van der Waals surface area contributed by atoms with Gasteiger partial charge in [-0.25, -0.2) is 0 Å². The molecular formula is C22H25ClN2O8. The van der Waals surface area contributed by atoms with Gasteiger partial charge in [-0.05, 0) is 39.1 Å². The summed E-state index contributed by atoms with van der Waals surface area (Å²) in [5.41, 5.74) is -0.548. The number of hydrogen-bond donors (Lipinski definition) is 6. The number of likely N-dealkylation sites (N-methyl/N-ethyl adjacent to an activating group) is 1. The smallest absolute Gasteiger partial charge is 0.255 e. The van der Waals surface area contributed by atoms with E-state index in [1.165, 1.54) is 44.1 Å². The number of halogens is 1. The van der Waals surface area contributed by atoms with Crippen molar-refractivity contribution in [2.24, 2.45) is 17.6 Å².